The first-order valence-electron chi connectivity index (χ1n) is 6.66. The number of likely N-dealkylation sites (tertiary alicyclic amines) is 1. The Kier molecular flexibility index (Phi) is 4.48. The van der Waals surface area contributed by atoms with Crippen LogP contribution in [0.25, 0.3) is 0 Å². The highest BCUT2D eigenvalue weighted by atomic mass is 32.2. The summed E-state index contributed by atoms with van der Waals surface area (Å²) in [7, 11) is -3.44. The van der Waals surface area contributed by atoms with Crippen molar-refractivity contribution in [3.63, 3.8) is 0 Å². The summed E-state index contributed by atoms with van der Waals surface area (Å²) in [5.74, 6) is -0.212. The maximum Gasteiger partial charge on any atom is 0.255 e. The van der Waals surface area contributed by atoms with Crippen LogP contribution in [0.1, 0.15) is 23.2 Å². The Morgan fingerprint density at radius 1 is 1.33 bits per heavy atom. The normalized spacial score (nSPS) is 16.3. The fraction of sp³-hybridized carbons (Fsp3) is 0.429. The lowest BCUT2D eigenvalue weighted by Gasteiger charge is -2.29. The molecule has 0 aromatic heterocycles. The summed E-state index contributed by atoms with van der Waals surface area (Å²) >= 11 is 0. The zero-order chi connectivity index (χ0) is 15.5. The largest absolute Gasteiger partial charge is 0.338 e. The number of nitriles is 1. The Bertz CT molecular complexity index is 671. The van der Waals surface area contributed by atoms with Gasteiger partial charge in [-0.1, -0.05) is 12.1 Å². The van der Waals surface area contributed by atoms with Crippen molar-refractivity contribution in [3.8, 4) is 6.07 Å². The summed E-state index contributed by atoms with van der Waals surface area (Å²) in [5.41, 5.74) is 0.616. The molecular weight excluding hydrogens is 290 g/mol. The van der Waals surface area contributed by atoms with Gasteiger partial charge in [-0.05, 0) is 25.0 Å². The number of benzene rings is 1. The van der Waals surface area contributed by atoms with Gasteiger partial charge in [0.2, 0.25) is 10.0 Å². The molecule has 21 heavy (non-hydrogen) atoms. The summed E-state index contributed by atoms with van der Waals surface area (Å²) in [4.78, 5) is 14.2. The molecule has 6 nitrogen and oxygen atoms in total. The number of hydrogen-bond donors (Lipinski definition) is 1. The minimum absolute atomic E-state index is 0.00145. The topological polar surface area (TPSA) is 90.3 Å². The summed E-state index contributed by atoms with van der Waals surface area (Å²) < 4.78 is 25.1. The van der Waals surface area contributed by atoms with E-state index in [1.807, 2.05) is 0 Å². The van der Waals surface area contributed by atoms with Crippen LogP contribution < -0.4 is 4.72 Å². The maximum atomic E-state index is 12.5. The zero-order valence-corrected chi connectivity index (χ0v) is 12.6. The van der Waals surface area contributed by atoms with Gasteiger partial charge in [0.1, 0.15) is 0 Å². The Hall–Kier alpha value is -2.07. The van der Waals surface area contributed by atoms with Gasteiger partial charge in [-0.25, -0.2) is 8.42 Å². The minimum atomic E-state index is -3.44. The number of para-hydroxylation sites is 1. The van der Waals surface area contributed by atoms with Gasteiger partial charge >= 0.3 is 0 Å². The van der Waals surface area contributed by atoms with Gasteiger partial charge in [0.15, 0.2) is 0 Å². The van der Waals surface area contributed by atoms with E-state index in [0.29, 0.717) is 31.5 Å². The van der Waals surface area contributed by atoms with Crippen LogP contribution in [0.3, 0.4) is 0 Å². The Labute approximate surface area is 124 Å². The van der Waals surface area contributed by atoms with E-state index in [2.05, 4.69) is 10.8 Å². The van der Waals surface area contributed by atoms with Gasteiger partial charge in [0.25, 0.3) is 5.91 Å². The van der Waals surface area contributed by atoms with E-state index in [1.165, 1.54) is 0 Å². The molecule has 0 atom stereocenters. The Morgan fingerprint density at radius 3 is 2.52 bits per heavy atom. The SMILES string of the molecule is CS(=O)(=O)Nc1ccccc1C(=O)N1CCC(C#N)CC1. The van der Waals surface area contributed by atoms with Crippen molar-refractivity contribution >= 4 is 21.6 Å². The molecule has 112 valence electrons. The number of sulfonamides is 1. The molecule has 0 radical (unpaired) electrons. The van der Waals surface area contributed by atoms with Crippen LogP contribution in [-0.4, -0.2) is 38.6 Å². The van der Waals surface area contributed by atoms with Gasteiger partial charge in [0, 0.05) is 19.0 Å². The van der Waals surface area contributed by atoms with Crippen molar-refractivity contribution in [1.29, 1.82) is 5.26 Å². The third-order valence-corrected chi connectivity index (χ3v) is 4.01. The highest BCUT2D eigenvalue weighted by Crippen LogP contribution is 2.22. The Balaban J connectivity index is 2.19. The highest BCUT2D eigenvalue weighted by Gasteiger charge is 2.25. The molecule has 2 rings (SSSR count). The van der Waals surface area contributed by atoms with Crippen LogP contribution in [0.4, 0.5) is 5.69 Å². The highest BCUT2D eigenvalue weighted by molar-refractivity contribution is 7.92. The quantitative estimate of drug-likeness (QED) is 0.914. The molecule has 1 saturated heterocycles. The second-order valence-corrected chi connectivity index (χ2v) is 6.86. The predicted molar refractivity (Wildman–Crippen MR) is 79.1 cm³/mol. The van der Waals surface area contributed by atoms with Gasteiger partial charge in [-0.2, -0.15) is 5.26 Å². The van der Waals surface area contributed by atoms with Crippen LogP contribution >= 0.6 is 0 Å². The molecule has 0 saturated carbocycles. The third kappa shape index (κ3) is 3.95. The number of hydrogen-bond acceptors (Lipinski definition) is 4. The van der Waals surface area contributed by atoms with E-state index in [-0.39, 0.29) is 17.5 Å². The smallest absolute Gasteiger partial charge is 0.255 e. The third-order valence-electron chi connectivity index (χ3n) is 3.42. The maximum absolute atomic E-state index is 12.5. The van der Waals surface area contributed by atoms with Crippen LogP contribution in [0.15, 0.2) is 24.3 Å². The van der Waals surface area contributed by atoms with E-state index in [0.717, 1.165) is 6.26 Å². The van der Waals surface area contributed by atoms with E-state index in [9.17, 15) is 13.2 Å². The first kappa shape index (κ1) is 15.3. The molecule has 1 aliphatic heterocycles. The molecule has 1 amide bonds. The number of carbonyl (C=O) groups is 1. The van der Waals surface area contributed by atoms with Crippen molar-refractivity contribution in [1.82, 2.24) is 4.90 Å². The van der Waals surface area contributed by atoms with Crippen molar-refractivity contribution in [3.05, 3.63) is 29.8 Å². The molecule has 0 bridgehead atoms. The first-order chi connectivity index (χ1) is 9.90. The average molecular weight is 307 g/mol. The first-order valence-corrected chi connectivity index (χ1v) is 8.55. The fourth-order valence-corrected chi connectivity index (χ4v) is 2.92. The molecule has 1 N–H and O–H groups in total. The van der Waals surface area contributed by atoms with Crippen molar-refractivity contribution < 1.29 is 13.2 Å². The second kappa shape index (κ2) is 6.14. The number of anilines is 1. The molecule has 0 spiro atoms. The summed E-state index contributed by atoms with van der Waals surface area (Å²) in [6, 6.07) is 8.76. The Morgan fingerprint density at radius 2 is 1.95 bits per heavy atom. The van der Waals surface area contributed by atoms with Crippen LogP contribution in [-0.2, 0) is 10.0 Å². The second-order valence-electron chi connectivity index (χ2n) is 5.12. The molecule has 1 aliphatic rings. The average Bonchev–Trinajstić information content (AvgIpc) is 2.45. The van der Waals surface area contributed by atoms with Crippen LogP contribution in [0.5, 0.6) is 0 Å². The van der Waals surface area contributed by atoms with Crippen molar-refractivity contribution in [2.45, 2.75) is 12.8 Å². The molecule has 1 fully saturated rings. The number of carbonyl (C=O) groups excluding carboxylic acids is 1. The van der Waals surface area contributed by atoms with Gasteiger partial charge in [-0.3, -0.25) is 9.52 Å². The van der Waals surface area contributed by atoms with E-state index in [1.54, 1.807) is 29.2 Å². The van der Waals surface area contributed by atoms with E-state index in [4.69, 9.17) is 5.26 Å². The number of nitrogens with one attached hydrogen (secondary N) is 1. The number of rotatable bonds is 3. The predicted octanol–water partition coefficient (Wildman–Crippen LogP) is 1.43. The lowest BCUT2D eigenvalue weighted by Crippen LogP contribution is -2.38. The van der Waals surface area contributed by atoms with Crippen molar-refractivity contribution in [2.75, 3.05) is 24.1 Å². The number of amides is 1. The summed E-state index contributed by atoms with van der Waals surface area (Å²) in [5, 5.41) is 8.87. The monoisotopic (exact) mass is 307 g/mol. The van der Waals surface area contributed by atoms with Crippen molar-refractivity contribution in [2.24, 2.45) is 5.92 Å². The lowest BCUT2D eigenvalue weighted by molar-refractivity contribution is 0.0708. The van der Waals surface area contributed by atoms with Gasteiger partial charge < -0.3 is 4.90 Å². The zero-order valence-electron chi connectivity index (χ0n) is 11.7. The van der Waals surface area contributed by atoms with E-state index < -0.39 is 10.0 Å². The lowest BCUT2D eigenvalue weighted by atomic mass is 9.98. The van der Waals surface area contributed by atoms with Gasteiger partial charge in [0.05, 0.1) is 23.6 Å². The summed E-state index contributed by atoms with van der Waals surface area (Å²) in [6.45, 7) is 1.04. The number of piperidine rings is 1. The van der Waals surface area contributed by atoms with E-state index >= 15 is 0 Å². The molecule has 7 heteroatoms. The number of nitrogens with zero attached hydrogens (tertiary/aromatic N) is 2. The molecule has 0 unspecified atom stereocenters. The molecule has 1 aromatic rings. The fourth-order valence-electron chi connectivity index (χ4n) is 2.34. The molecule has 1 heterocycles. The van der Waals surface area contributed by atoms with Gasteiger partial charge in [-0.15, -0.1) is 0 Å². The molecule has 1 aromatic carbocycles. The minimum Gasteiger partial charge on any atom is -0.338 e. The molecular formula is C14H17N3O3S. The molecule has 0 aliphatic carbocycles. The van der Waals surface area contributed by atoms with Crippen LogP contribution in [0.2, 0.25) is 0 Å². The summed E-state index contributed by atoms with van der Waals surface area (Å²) in [6.07, 6.45) is 2.36. The standard InChI is InChI=1S/C14H17N3O3S/c1-21(19,20)16-13-5-3-2-4-12(13)14(18)17-8-6-11(10-15)7-9-17/h2-5,11,16H,6-9H2,1H3. The van der Waals surface area contributed by atoms with Crippen LogP contribution in [0, 0.1) is 17.2 Å².